The second-order valence-corrected chi connectivity index (χ2v) is 8.34. The Kier molecular flexibility index (Phi) is 6.42. The smallest absolute Gasteiger partial charge is 0.339 e. The summed E-state index contributed by atoms with van der Waals surface area (Å²) in [6.07, 6.45) is 0. The zero-order chi connectivity index (χ0) is 25.9. The highest BCUT2D eigenvalue weighted by Gasteiger charge is 2.19. The van der Waals surface area contributed by atoms with Crippen molar-refractivity contribution in [2.24, 2.45) is 0 Å². The molecule has 9 nitrogen and oxygen atoms in total. The molecular weight excluding hydrogens is 476 g/mol. The van der Waals surface area contributed by atoms with Crippen molar-refractivity contribution in [2.75, 3.05) is 25.1 Å². The summed E-state index contributed by atoms with van der Waals surface area (Å²) in [5.41, 5.74) is 2.38. The van der Waals surface area contributed by atoms with E-state index in [1.165, 1.54) is 25.1 Å². The van der Waals surface area contributed by atoms with Crippen LogP contribution in [0, 0.1) is 0 Å². The molecule has 1 aliphatic heterocycles. The van der Waals surface area contributed by atoms with E-state index < -0.39 is 24.3 Å². The Bertz CT molecular complexity index is 1550. The number of aromatic hydroxyl groups is 1. The maximum absolute atomic E-state index is 13.1. The lowest BCUT2D eigenvalue weighted by molar-refractivity contribution is -0.114. The van der Waals surface area contributed by atoms with Crippen LogP contribution in [0.4, 0.5) is 5.69 Å². The van der Waals surface area contributed by atoms with E-state index in [0.29, 0.717) is 41.3 Å². The number of rotatable bonds is 6. The van der Waals surface area contributed by atoms with Gasteiger partial charge in [0.05, 0.1) is 22.5 Å². The molecule has 0 radical (unpaired) electrons. The lowest BCUT2D eigenvalue weighted by Gasteiger charge is -2.19. The van der Waals surface area contributed by atoms with Gasteiger partial charge in [0.15, 0.2) is 23.9 Å². The molecule has 2 N–H and O–H groups in total. The van der Waals surface area contributed by atoms with Crippen molar-refractivity contribution >= 4 is 34.3 Å². The molecule has 0 spiro atoms. The minimum Gasteiger partial charge on any atom is -0.506 e. The number of para-hydroxylation sites is 1. The molecule has 0 saturated heterocycles. The van der Waals surface area contributed by atoms with Gasteiger partial charge in [0.1, 0.15) is 19.0 Å². The first kappa shape index (κ1) is 23.8. The molecule has 0 aliphatic carbocycles. The van der Waals surface area contributed by atoms with Crippen LogP contribution in [0.15, 0.2) is 66.7 Å². The Labute approximate surface area is 211 Å². The van der Waals surface area contributed by atoms with E-state index in [1.807, 2.05) is 18.2 Å². The first-order valence-electron chi connectivity index (χ1n) is 11.5. The number of anilines is 1. The number of amides is 1. The highest BCUT2D eigenvalue weighted by atomic mass is 16.6. The molecule has 0 saturated carbocycles. The topological polar surface area (TPSA) is 124 Å². The van der Waals surface area contributed by atoms with Gasteiger partial charge in [-0.15, -0.1) is 0 Å². The van der Waals surface area contributed by atoms with Gasteiger partial charge in [-0.05, 0) is 48.5 Å². The van der Waals surface area contributed by atoms with Gasteiger partial charge in [-0.3, -0.25) is 9.59 Å². The fourth-order valence-corrected chi connectivity index (χ4v) is 3.99. The van der Waals surface area contributed by atoms with Crippen LogP contribution in [0.1, 0.15) is 27.6 Å². The van der Waals surface area contributed by atoms with E-state index in [-0.39, 0.29) is 22.6 Å². The second kappa shape index (κ2) is 9.98. The summed E-state index contributed by atoms with van der Waals surface area (Å²) in [6.45, 7) is 1.68. The number of hydrogen-bond donors (Lipinski definition) is 2. The van der Waals surface area contributed by atoms with Gasteiger partial charge < -0.3 is 24.6 Å². The molecule has 37 heavy (non-hydrogen) atoms. The van der Waals surface area contributed by atoms with Crippen LogP contribution >= 0.6 is 0 Å². The quantitative estimate of drug-likeness (QED) is 0.228. The van der Waals surface area contributed by atoms with Crippen LogP contribution in [0.25, 0.3) is 22.2 Å². The molecule has 1 aromatic heterocycles. The number of nitrogens with one attached hydrogen (secondary N) is 1. The highest BCUT2D eigenvalue weighted by molar-refractivity contribution is 6.06. The van der Waals surface area contributed by atoms with Crippen molar-refractivity contribution in [3.8, 4) is 28.5 Å². The van der Waals surface area contributed by atoms with E-state index in [2.05, 4.69) is 5.32 Å². The average molecular weight is 498 g/mol. The number of phenolic OH excluding ortho intramolecular Hbond substituents is 1. The maximum atomic E-state index is 13.1. The second-order valence-electron chi connectivity index (χ2n) is 8.34. The minimum atomic E-state index is -0.688. The van der Waals surface area contributed by atoms with Crippen LogP contribution in [-0.2, 0) is 9.53 Å². The summed E-state index contributed by atoms with van der Waals surface area (Å²) in [5, 5.41) is 12.9. The number of Topliss-reactive ketones (excluding diaryl/α,β-unsaturated/α-hetero) is 1. The number of benzene rings is 3. The molecule has 3 aromatic carbocycles. The summed E-state index contributed by atoms with van der Waals surface area (Å²) in [7, 11) is 0. The third kappa shape index (κ3) is 5.06. The average Bonchev–Trinajstić information content (AvgIpc) is 2.91. The number of esters is 1. The monoisotopic (exact) mass is 498 g/mol. The number of pyridine rings is 1. The Morgan fingerprint density at radius 3 is 2.57 bits per heavy atom. The third-order valence-corrected chi connectivity index (χ3v) is 5.74. The Morgan fingerprint density at radius 1 is 0.973 bits per heavy atom. The van der Waals surface area contributed by atoms with Crippen molar-refractivity contribution in [1.82, 2.24) is 4.98 Å². The zero-order valence-corrected chi connectivity index (χ0v) is 19.8. The van der Waals surface area contributed by atoms with E-state index >= 15 is 0 Å². The molecule has 1 aliphatic rings. The van der Waals surface area contributed by atoms with Crippen molar-refractivity contribution in [2.45, 2.75) is 6.92 Å². The molecule has 2 heterocycles. The van der Waals surface area contributed by atoms with Crippen LogP contribution < -0.4 is 14.8 Å². The number of fused-ring (bicyclic) bond motifs is 2. The minimum absolute atomic E-state index is 0.0916. The van der Waals surface area contributed by atoms with E-state index in [1.54, 1.807) is 30.3 Å². The summed E-state index contributed by atoms with van der Waals surface area (Å²) < 4.78 is 16.6. The van der Waals surface area contributed by atoms with E-state index in [9.17, 15) is 19.5 Å². The lowest BCUT2D eigenvalue weighted by Crippen LogP contribution is -2.16. The summed E-state index contributed by atoms with van der Waals surface area (Å²) in [6, 6.07) is 18.2. The molecule has 4 aromatic rings. The van der Waals surface area contributed by atoms with E-state index in [0.717, 1.165) is 5.56 Å². The summed E-state index contributed by atoms with van der Waals surface area (Å²) in [4.78, 5) is 41.9. The fraction of sp³-hybridized carbons (Fsp3) is 0.143. The SMILES string of the molecule is CC(=O)Nc1cc(C(=O)COC(=O)c2cc(-c3ccc4c(c3)OCCO4)nc3ccccc23)ccc1O. The number of aromatic nitrogens is 1. The molecule has 186 valence electrons. The Morgan fingerprint density at radius 2 is 1.76 bits per heavy atom. The molecule has 0 bridgehead atoms. The first-order chi connectivity index (χ1) is 17.9. The zero-order valence-electron chi connectivity index (χ0n) is 19.8. The fourth-order valence-electron chi connectivity index (χ4n) is 3.99. The van der Waals surface area contributed by atoms with Gasteiger partial charge in [0, 0.05) is 23.4 Å². The van der Waals surface area contributed by atoms with Gasteiger partial charge in [-0.25, -0.2) is 9.78 Å². The van der Waals surface area contributed by atoms with Crippen molar-refractivity contribution in [3.05, 3.63) is 77.9 Å². The number of carbonyl (C=O) groups excluding carboxylic acids is 3. The third-order valence-electron chi connectivity index (χ3n) is 5.74. The van der Waals surface area contributed by atoms with Gasteiger partial charge in [-0.1, -0.05) is 18.2 Å². The summed E-state index contributed by atoms with van der Waals surface area (Å²) >= 11 is 0. The molecular formula is C28H22N2O7. The van der Waals surface area contributed by atoms with Crippen LogP contribution in [0.2, 0.25) is 0 Å². The number of ether oxygens (including phenoxy) is 3. The molecule has 0 fully saturated rings. The predicted molar refractivity (Wildman–Crippen MR) is 135 cm³/mol. The van der Waals surface area contributed by atoms with E-state index in [4.69, 9.17) is 19.2 Å². The van der Waals surface area contributed by atoms with Crippen LogP contribution in [0.3, 0.4) is 0 Å². The van der Waals surface area contributed by atoms with Gasteiger partial charge in [-0.2, -0.15) is 0 Å². The van der Waals surface area contributed by atoms with Crippen LogP contribution in [0.5, 0.6) is 17.2 Å². The number of nitrogens with zero attached hydrogens (tertiary/aromatic N) is 1. The van der Waals surface area contributed by atoms with Crippen LogP contribution in [-0.4, -0.2) is 47.6 Å². The lowest BCUT2D eigenvalue weighted by atomic mass is 10.0. The Balaban J connectivity index is 1.41. The number of hydrogen-bond acceptors (Lipinski definition) is 8. The van der Waals surface area contributed by atoms with Crippen molar-refractivity contribution < 1.29 is 33.7 Å². The summed E-state index contributed by atoms with van der Waals surface area (Å²) in [5.74, 6) is -0.522. The first-order valence-corrected chi connectivity index (χ1v) is 11.5. The van der Waals surface area contributed by atoms with Gasteiger partial charge in [0.2, 0.25) is 5.91 Å². The largest absolute Gasteiger partial charge is 0.506 e. The highest BCUT2D eigenvalue weighted by Crippen LogP contribution is 2.35. The number of phenols is 1. The molecule has 0 atom stereocenters. The molecule has 0 unspecified atom stereocenters. The van der Waals surface area contributed by atoms with Gasteiger partial charge >= 0.3 is 5.97 Å². The molecule has 1 amide bonds. The Hall–Kier alpha value is -4.92. The maximum Gasteiger partial charge on any atom is 0.339 e. The van der Waals surface area contributed by atoms with Crippen molar-refractivity contribution in [3.63, 3.8) is 0 Å². The number of carbonyl (C=O) groups is 3. The number of ketones is 1. The normalized spacial score (nSPS) is 12.1. The van der Waals surface area contributed by atoms with Crippen molar-refractivity contribution in [1.29, 1.82) is 0 Å². The van der Waals surface area contributed by atoms with Gasteiger partial charge in [0.25, 0.3) is 0 Å². The predicted octanol–water partition coefficient (Wildman–Crippen LogP) is 4.38. The standard InChI is InChI=1S/C28H22N2O7/c1-16(31)29-23-12-18(6-8-24(23)32)25(33)15-37-28(34)20-14-22(30-21-5-3-2-4-19(20)21)17-7-9-26-27(13-17)36-11-10-35-26/h2-9,12-14,32H,10-11,15H2,1H3,(H,29,31). The molecule has 5 rings (SSSR count). The molecule has 9 heteroatoms.